The molecule has 0 aliphatic carbocycles. The molecule has 0 spiro atoms. The van der Waals surface area contributed by atoms with Gasteiger partial charge in [0.15, 0.2) is 11.0 Å². The lowest BCUT2D eigenvalue weighted by atomic mass is 10.1. The van der Waals surface area contributed by atoms with Crippen LogP contribution in [0.1, 0.15) is 24.7 Å². The normalized spacial score (nSPS) is 15.4. The van der Waals surface area contributed by atoms with E-state index in [0.717, 1.165) is 5.56 Å². The van der Waals surface area contributed by atoms with Crippen LogP contribution in [0.3, 0.4) is 0 Å². The van der Waals surface area contributed by atoms with Crippen molar-refractivity contribution in [2.75, 3.05) is 17.3 Å². The van der Waals surface area contributed by atoms with Gasteiger partial charge in [-0.3, -0.25) is 14.5 Å². The van der Waals surface area contributed by atoms with Crippen LogP contribution >= 0.6 is 11.8 Å². The second kappa shape index (κ2) is 10.4. The van der Waals surface area contributed by atoms with Crippen LogP contribution in [0.2, 0.25) is 0 Å². The smallest absolute Gasteiger partial charge is 0.283 e. The maximum absolute atomic E-state index is 13.4. The minimum absolute atomic E-state index is 0.244. The molecule has 1 aliphatic heterocycles. The van der Waals surface area contributed by atoms with Gasteiger partial charge in [0.25, 0.3) is 5.91 Å². The number of aryl methyl sites for hydroxylation is 1. The van der Waals surface area contributed by atoms with Gasteiger partial charge >= 0.3 is 0 Å². The first-order valence-electron chi connectivity index (χ1n) is 10.7. The highest BCUT2D eigenvalue weighted by atomic mass is 32.2. The molecule has 34 heavy (non-hydrogen) atoms. The van der Waals surface area contributed by atoms with Crippen molar-refractivity contribution in [1.29, 1.82) is 0 Å². The lowest BCUT2D eigenvalue weighted by molar-refractivity contribution is -0.116. The number of para-hydroxylation sites is 2. The van der Waals surface area contributed by atoms with Crippen molar-refractivity contribution in [2.24, 2.45) is 4.99 Å². The number of rotatable bonds is 7. The number of carbonyl (C=O) groups excluding carboxylic acids is 2. The number of ether oxygens (including phenoxy) is 1. The molecular formula is C25H24N4O4S. The molecule has 3 aromatic rings. The van der Waals surface area contributed by atoms with Crippen molar-refractivity contribution in [3.63, 3.8) is 0 Å². The van der Waals surface area contributed by atoms with Gasteiger partial charge in [-0.15, -0.1) is 0 Å². The maximum Gasteiger partial charge on any atom is 0.283 e. The van der Waals surface area contributed by atoms with E-state index in [2.05, 4.69) is 15.5 Å². The zero-order chi connectivity index (χ0) is 24.1. The fraction of sp³-hybridized carbons (Fsp3) is 0.200. The largest absolute Gasteiger partial charge is 0.496 e. The Balaban J connectivity index is 1.66. The predicted molar refractivity (Wildman–Crippen MR) is 134 cm³/mol. The highest BCUT2D eigenvalue weighted by Crippen LogP contribution is 2.33. The third-order valence-electron chi connectivity index (χ3n) is 5.07. The molecule has 0 unspecified atom stereocenters. The van der Waals surface area contributed by atoms with Crippen molar-refractivity contribution < 1.29 is 18.8 Å². The first kappa shape index (κ1) is 23.3. The Kier molecular flexibility index (Phi) is 7.12. The highest BCUT2D eigenvalue weighted by molar-refractivity contribution is 8.15. The van der Waals surface area contributed by atoms with Crippen molar-refractivity contribution in [3.8, 4) is 5.75 Å². The Bertz CT molecular complexity index is 1250. The molecule has 2 heterocycles. The number of amides is 2. The number of methoxy groups -OCH3 is 1. The summed E-state index contributed by atoms with van der Waals surface area (Å²) in [5.41, 5.74) is 1.67. The number of hydrogen-bond acceptors (Lipinski definition) is 7. The van der Waals surface area contributed by atoms with Gasteiger partial charge in [-0.25, -0.2) is 4.99 Å². The molecule has 0 radical (unpaired) electrons. The minimum Gasteiger partial charge on any atom is -0.496 e. The topological polar surface area (TPSA) is 97.0 Å². The molecular weight excluding hydrogens is 452 g/mol. The summed E-state index contributed by atoms with van der Waals surface area (Å²) in [5.74, 6) is 1.07. The summed E-state index contributed by atoms with van der Waals surface area (Å²) in [7, 11) is 1.58. The van der Waals surface area contributed by atoms with Crippen molar-refractivity contribution >= 4 is 46.3 Å². The van der Waals surface area contributed by atoms with E-state index in [1.165, 1.54) is 16.7 Å². The summed E-state index contributed by atoms with van der Waals surface area (Å²) in [6.07, 6.45) is 2.22. The molecule has 2 aromatic carbocycles. The Labute approximate surface area is 201 Å². The first-order chi connectivity index (χ1) is 16.5. The van der Waals surface area contributed by atoms with Gasteiger partial charge in [0.1, 0.15) is 17.2 Å². The zero-order valence-corrected chi connectivity index (χ0v) is 19.8. The standard InChI is InChI=1S/C25H24N4O4S/c1-4-21(23(30)27-22-14-16(2)33-28-22)34-25-26-19(15-17-10-8-9-13-20(17)32-3)24(31)29(25)18-11-6-5-7-12-18/h5-15,21H,4H2,1-3H3,(H,27,28,30)/b19-15+/t21-/m1/s1. The van der Waals surface area contributed by atoms with Gasteiger partial charge in [-0.1, -0.05) is 60.2 Å². The van der Waals surface area contributed by atoms with Gasteiger partial charge in [0.05, 0.1) is 18.0 Å². The molecule has 9 heteroatoms. The number of benzene rings is 2. The van der Waals surface area contributed by atoms with Crippen LogP contribution in [0.15, 0.2) is 75.9 Å². The average Bonchev–Trinajstić information content (AvgIpc) is 3.40. The molecule has 1 atom stereocenters. The second-order valence-corrected chi connectivity index (χ2v) is 8.64. The number of carbonyl (C=O) groups is 2. The Hall–Kier alpha value is -3.85. The summed E-state index contributed by atoms with van der Waals surface area (Å²) in [5, 5.41) is 6.51. The lowest BCUT2D eigenvalue weighted by Crippen LogP contribution is -2.34. The second-order valence-electron chi connectivity index (χ2n) is 7.47. The Morgan fingerprint density at radius 1 is 1.21 bits per heavy atom. The third-order valence-corrected chi connectivity index (χ3v) is 6.38. The summed E-state index contributed by atoms with van der Waals surface area (Å²) in [6.45, 7) is 3.65. The number of amidine groups is 1. The highest BCUT2D eigenvalue weighted by Gasteiger charge is 2.35. The van der Waals surface area contributed by atoms with Crippen LogP contribution in [0, 0.1) is 6.92 Å². The number of aromatic nitrogens is 1. The fourth-order valence-corrected chi connectivity index (χ4v) is 4.43. The Morgan fingerprint density at radius 3 is 2.62 bits per heavy atom. The van der Waals surface area contributed by atoms with Gasteiger partial charge in [0.2, 0.25) is 5.91 Å². The van der Waals surface area contributed by atoms with E-state index in [0.29, 0.717) is 34.6 Å². The van der Waals surface area contributed by atoms with E-state index in [1.54, 1.807) is 26.2 Å². The van der Waals surface area contributed by atoms with Crippen LogP contribution in [-0.4, -0.2) is 34.5 Å². The molecule has 8 nitrogen and oxygen atoms in total. The van der Waals surface area contributed by atoms with Crippen LogP contribution in [-0.2, 0) is 9.59 Å². The molecule has 0 bridgehead atoms. The first-order valence-corrected chi connectivity index (χ1v) is 11.6. The molecule has 1 aliphatic rings. The molecule has 0 saturated carbocycles. The number of aliphatic imine (C=N–C) groups is 1. The number of nitrogens with one attached hydrogen (secondary N) is 1. The number of hydrogen-bond donors (Lipinski definition) is 1. The predicted octanol–water partition coefficient (Wildman–Crippen LogP) is 4.89. The van der Waals surface area contributed by atoms with Gasteiger partial charge in [-0.2, -0.15) is 0 Å². The van der Waals surface area contributed by atoms with Crippen molar-refractivity contribution in [2.45, 2.75) is 25.5 Å². The Morgan fingerprint density at radius 2 is 1.94 bits per heavy atom. The van der Waals surface area contributed by atoms with Gasteiger partial charge in [0, 0.05) is 11.6 Å². The van der Waals surface area contributed by atoms with E-state index >= 15 is 0 Å². The molecule has 174 valence electrons. The molecule has 0 saturated heterocycles. The van der Waals surface area contributed by atoms with E-state index in [4.69, 9.17) is 9.26 Å². The third kappa shape index (κ3) is 5.04. The fourth-order valence-electron chi connectivity index (χ4n) is 3.39. The number of nitrogens with zero attached hydrogens (tertiary/aromatic N) is 3. The summed E-state index contributed by atoms with van der Waals surface area (Å²) in [4.78, 5) is 32.5. The molecule has 0 fully saturated rings. The van der Waals surface area contributed by atoms with E-state index < -0.39 is 5.25 Å². The number of thioether (sulfide) groups is 1. The van der Waals surface area contributed by atoms with Crippen LogP contribution in [0.25, 0.3) is 6.08 Å². The molecule has 2 amide bonds. The summed E-state index contributed by atoms with van der Waals surface area (Å²) < 4.78 is 10.4. The van der Waals surface area contributed by atoms with E-state index in [9.17, 15) is 9.59 Å². The van der Waals surface area contributed by atoms with Crippen LogP contribution < -0.4 is 15.0 Å². The minimum atomic E-state index is -0.500. The van der Waals surface area contributed by atoms with Crippen LogP contribution in [0.4, 0.5) is 11.5 Å². The monoisotopic (exact) mass is 476 g/mol. The summed E-state index contributed by atoms with van der Waals surface area (Å²) in [6, 6.07) is 18.3. The van der Waals surface area contributed by atoms with Gasteiger partial charge in [-0.05, 0) is 37.6 Å². The van der Waals surface area contributed by atoms with Gasteiger partial charge < -0.3 is 14.6 Å². The zero-order valence-electron chi connectivity index (χ0n) is 19.0. The van der Waals surface area contributed by atoms with Crippen molar-refractivity contribution in [3.05, 3.63) is 77.7 Å². The quantitative estimate of drug-likeness (QED) is 0.488. The average molecular weight is 477 g/mol. The summed E-state index contributed by atoms with van der Waals surface area (Å²) >= 11 is 1.23. The molecule has 1 N–H and O–H groups in total. The maximum atomic E-state index is 13.4. The van der Waals surface area contributed by atoms with E-state index in [-0.39, 0.29) is 17.5 Å². The molecule has 1 aromatic heterocycles. The van der Waals surface area contributed by atoms with Crippen LogP contribution in [0.5, 0.6) is 5.75 Å². The SMILES string of the molecule is CC[C@@H](SC1=N/C(=C/c2ccccc2OC)C(=O)N1c1ccccc1)C(=O)Nc1cc(C)on1. The number of anilines is 2. The van der Waals surface area contributed by atoms with Crippen molar-refractivity contribution in [1.82, 2.24) is 5.16 Å². The lowest BCUT2D eigenvalue weighted by Gasteiger charge is -2.20. The van der Waals surface area contributed by atoms with E-state index in [1.807, 2.05) is 61.5 Å². The molecule has 4 rings (SSSR count).